The van der Waals surface area contributed by atoms with Gasteiger partial charge in [-0.25, -0.2) is 17.9 Å². The minimum Gasteiger partial charge on any atom is -0.382 e. The van der Waals surface area contributed by atoms with Gasteiger partial charge >= 0.3 is 0 Å². The summed E-state index contributed by atoms with van der Waals surface area (Å²) >= 11 is 0. The predicted octanol–water partition coefficient (Wildman–Crippen LogP) is -0.134. The maximum Gasteiger partial charge on any atom is 0.251 e. The molecule has 0 aromatic heterocycles. The Labute approximate surface area is 122 Å². The van der Waals surface area contributed by atoms with Crippen molar-refractivity contribution in [1.82, 2.24) is 5.32 Å². The van der Waals surface area contributed by atoms with Crippen LogP contribution in [0.15, 0.2) is 23.1 Å². The molecule has 7 nitrogen and oxygen atoms in total. The van der Waals surface area contributed by atoms with Crippen molar-refractivity contribution in [2.45, 2.75) is 4.90 Å². The quantitative estimate of drug-likeness (QED) is 0.649. The number of hydrogen-bond acceptors (Lipinski definition) is 5. The van der Waals surface area contributed by atoms with Crippen LogP contribution in [-0.2, 0) is 19.5 Å². The molecule has 0 aliphatic rings. The zero-order valence-electron chi connectivity index (χ0n) is 11.5. The van der Waals surface area contributed by atoms with Gasteiger partial charge in [-0.1, -0.05) is 0 Å². The van der Waals surface area contributed by atoms with E-state index in [1.54, 1.807) is 7.11 Å². The summed E-state index contributed by atoms with van der Waals surface area (Å²) in [5.41, 5.74) is -0.00248. The topological polar surface area (TPSA) is 108 Å². The summed E-state index contributed by atoms with van der Waals surface area (Å²) in [7, 11) is -2.67. The Bertz CT molecular complexity index is 591. The smallest absolute Gasteiger partial charge is 0.251 e. The summed E-state index contributed by atoms with van der Waals surface area (Å²) in [6, 6.07) is 2.95. The van der Waals surface area contributed by atoms with Crippen LogP contribution in [0.25, 0.3) is 0 Å². The van der Waals surface area contributed by atoms with Crippen LogP contribution < -0.4 is 10.5 Å². The molecular weight excluding hydrogens is 303 g/mol. The van der Waals surface area contributed by atoms with E-state index in [2.05, 4.69) is 5.32 Å². The van der Waals surface area contributed by atoms with Crippen molar-refractivity contribution in [3.05, 3.63) is 29.6 Å². The maximum absolute atomic E-state index is 13.3. The van der Waals surface area contributed by atoms with Gasteiger partial charge in [0.15, 0.2) is 0 Å². The molecular formula is C12H17FN2O5S. The molecule has 0 spiro atoms. The van der Waals surface area contributed by atoms with Crippen molar-refractivity contribution < 1.29 is 27.1 Å². The fourth-order valence-electron chi connectivity index (χ4n) is 1.45. The molecule has 0 heterocycles. The van der Waals surface area contributed by atoms with Crippen molar-refractivity contribution in [1.29, 1.82) is 0 Å². The highest BCUT2D eigenvalue weighted by Crippen LogP contribution is 2.14. The molecule has 0 aliphatic carbocycles. The van der Waals surface area contributed by atoms with E-state index in [0.717, 1.165) is 12.1 Å². The maximum atomic E-state index is 13.3. The van der Waals surface area contributed by atoms with Crippen LogP contribution in [0.1, 0.15) is 10.4 Å². The number of benzene rings is 1. The third-order valence-electron chi connectivity index (χ3n) is 2.46. The summed E-state index contributed by atoms with van der Waals surface area (Å²) in [6.07, 6.45) is 0. The Morgan fingerprint density at radius 1 is 1.33 bits per heavy atom. The zero-order valence-corrected chi connectivity index (χ0v) is 12.3. The Morgan fingerprint density at radius 3 is 2.67 bits per heavy atom. The number of nitrogens with two attached hydrogens (primary N) is 1. The summed E-state index contributed by atoms with van der Waals surface area (Å²) in [6.45, 7) is 1.35. The third-order valence-corrected chi connectivity index (χ3v) is 3.39. The van der Waals surface area contributed by atoms with E-state index in [1.165, 1.54) is 6.07 Å². The van der Waals surface area contributed by atoms with E-state index in [0.29, 0.717) is 13.2 Å². The number of ether oxygens (including phenoxy) is 2. The van der Waals surface area contributed by atoms with Crippen molar-refractivity contribution in [3.8, 4) is 0 Å². The van der Waals surface area contributed by atoms with Crippen molar-refractivity contribution in [2.75, 3.05) is 33.5 Å². The molecule has 0 saturated carbocycles. The fourth-order valence-corrected chi connectivity index (χ4v) is 2.08. The van der Waals surface area contributed by atoms with Crippen LogP contribution in [0.4, 0.5) is 4.39 Å². The van der Waals surface area contributed by atoms with Gasteiger partial charge in [-0.15, -0.1) is 0 Å². The molecule has 9 heteroatoms. The van der Waals surface area contributed by atoms with Crippen LogP contribution in [0.5, 0.6) is 0 Å². The second-order valence-corrected chi connectivity index (χ2v) is 5.58. The Hall–Kier alpha value is -1.55. The molecule has 21 heavy (non-hydrogen) atoms. The van der Waals surface area contributed by atoms with Crippen LogP contribution in [0, 0.1) is 5.82 Å². The van der Waals surface area contributed by atoms with E-state index in [9.17, 15) is 17.6 Å². The molecule has 0 unspecified atom stereocenters. The first-order valence-electron chi connectivity index (χ1n) is 6.03. The Morgan fingerprint density at radius 2 is 2.05 bits per heavy atom. The number of nitrogens with one attached hydrogen (secondary N) is 1. The van der Waals surface area contributed by atoms with Gasteiger partial charge in [-0.2, -0.15) is 0 Å². The second-order valence-electron chi connectivity index (χ2n) is 4.05. The van der Waals surface area contributed by atoms with Crippen LogP contribution in [0.3, 0.4) is 0 Å². The van der Waals surface area contributed by atoms with Gasteiger partial charge < -0.3 is 14.8 Å². The molecule has 0 atom stereocenters. The minimum atomic E-state index is -4.22. The number of hydrogen-bond donors (Lipinski definition) is 2. The number of primary sulfonamides is 1. The lowest BCUT2D eigenvalue weighted by molar-refractivity contribution is 0.0692. The third kappa shape index (κ3) is 5.76. The molecule has 0 bridgehead atoms. The first-order valence-corrected chi connectivity index (χ1v) is 7.58. The zero-order chi connectivity index (χ0) is 15.9. The summed E-state index contributed by atoms with van der Waals surface area (Å²) in [5, 5.41) is 7.37. The first kappa shape index (κ1) is 17.5. The van der Waals surface area contributed by atoms with Gasteiger partial charge in [0.2, 0.25) is 10.0 Å². The number of halogens is 1. The van der Waals surface area contributed by atoms with Gasteiger partial charge in [0, 0.05) is 19.2 Å². The van der Waals surface area contributed by atoms with Crippen LogP contribution in [-0.4, -0.2) is 47.8 Å². The lowest BCUT2D eigenvalue weighted by atomic mass is 10.2. The highest BCUT2D eigenvalue weighted by Gasteiger charge is 2.17. The lowest BCUT2D eigenvalue weighted by Crippen LogP contribution is -2.28. The summed E-state index contributed by atoms with van der Waals surface area (Å²) in [5.74, 6) is -1.55. The van der Waals surface area contributed by atoms with Gasteiger partial charge in [0.05, 0.1) is 19.8 Å². The number of carbonyl (C=O) groups is 1. The number of amides is 1. The van der Waals surface area contributed by atoms with Crippen molar-refractivity contribution in [3.63, 3.8) is 0 Å². The molecule has 0 fully saturated rings. The van der Waals surface area contributed by atoms with Crippen molar-refractivity contribution >= 4 is 15.9 Å². The highest BCUT2D eigenvalue weighted by atomic mass is 32.2. The summed E-state index contributed by atoms with van der Waals surface area (Å²) in [4.78, 5) is 11.1. The lowest BCUT2D eigenvalue weighted by Gasteiger charge is -2.07. The average Bonchev–Trinajstić information content (AvgIpc) is 2.41. The largest absolute Gasteiger partial charge is 0.382 e. The fraction of sp³-hybridized carbons (Fsp3) is 0.417. The molecule has 1 aromatic rings. The van der Waals surface area contributed by atoms with Gasteiger partial charge in [0.25, 0.3) is 5.91 Å². The molecule has 0 radical (unpaired) electrons. The van der Waals surface area contributed by atoms with E-state index >= 15 is 0 Å². The molecule has 118 valence electrons. The first-order chi connectivity index (χ1) is 9.86. The van der Waals surface area contributed by atoms with E-state index in [1.807, 2.05) is 0 Å². The van der Waals surface area contributed by atoms with Crippen LogP contribution >= 0.6 is 0 Å². The van der Waals surface area contributed by atoms with Crippen molar-refractivity contribution in [2.24, 2.45) is 5.14 Å². The Kier molecular flexibility index (Phi) is 6.69. The van der Waals surface area contributed by atoms with E-state index in [4.69, 9.17) is 14.6 Å². The standard InChI is InChI=1S/C12H17FN2O5S/c1-19-6-7-20-5-4-15-12(16)9-2-3-10(13)11(8-9)21(14,17)18/h2-3,8H,4-7H2,1H3,(H,15,16)(H2,14,17,18). The SMILES string of the molecule is COCCOCCNC(=O)c1ccc(F)c(S(N)(=O)=O)c1. The van der Waals surface area contributed by atoms with Gasteiger partial charge in [0.1, 0.15) is 10.7 Å². The second kappa shape index (κ2) is 8.03. The predicted molar refractivity (Wildman–Crippen MR) is 72.8 cm³/mol. The molecule has 1 rings (SSSR count). The van der Waals surface area contributed by atoms with Crippen LogP contribution in [0.2, 0.25) is 0 Å². The Balaban J connectivity index is 2.59. The number of methoxy groups -OCH3 is 1. The van der Waals surface area contributed by atoms with Gasteiger partial charge in [-0.3, -0.25) is 4.79 Å². The highest BCUT2D eigenvalue weighted by molar-refractivity contribution is 7.89. The molecule has 1 amide bonds. The number of sulfonamides is 1. The molecule has 1 aromatic carbocycles. The minimum absolute atomic E-state index is 0.00248. The normalized spacial score (nSPS) is 11.4. The molecule has 3 N–H and O–H groups in total. The monoisotopic (exact) mass is 320 g/mol. The van der Waals surface area contributed by atoms with E-state index < -0.39 is 26.6 Å². The average molecular weight is 320 g/mol. The number of rotatable bonds is 8. The van der Waals surface area contributed by atoms with Gasteiger partial charge in [-0.05, 0) is 18.2 Å². The molecule has 0 aliphatic heterocycles. The van der Waals surface area contributed by atoms with E-state index in [-0.39, 0.29) is 18.7 Å². The summed E-state index contributed by atoms with van der Waals surface area (Å²) < 4.78 is 45.6. The number of carbonyl (C=O) groups excluding carboxylic acids is 1. The molecule has 0 saturated heterocycles.